The molecule has 0 unspecified atom stereocenters. The number of benzene rings is 2. The maximum Gasteiger partial charge on any atom is 0.265 e. The van der Waals surface area contributed by atoms with E-state index in [1.54, 1.807) is 31.3 Å². The Kier molecular flexibility index (Phi) is 6.28. The third-order valence-corrected chi connectivity index (χ3v) is 6.11. The van der Waals surface area contributed by atoms with Crippen molar-refractivity contribution < 1.29 is 17.9 Å². The molecular weight excluding hydrogens is 474 g/mol. The SMILES string of the molecule is COc1ccc(NC(=O)c2ccn(C)c(=O)c2)cc1S(=O)(=O)Nc1ccc(Br)cc1. The lowest BCUT2D eigenvalue weighted by atomic mass is 10.2. The van der Waals surface area contributed by atoms with E-state index in [9.17, 15) is 18.0 Å². The van der Waals surface area contributed by atoms with E-state index < -0.39 is 15.9 Å². The Morgan fingerprint density at radius 1 is 1.03 bits per heavy atom. The highest BCUT2D eigenvalue weighted by Gasteiger charge is 2.21. The lowest BCUT2D eigenvalue weighted by molar-refractivity contribution is 0.102. The summed E-state index contributed by atoms with van der Waals surface area (Å²) in [5, 5.41) is 2.60. The van der Waals surface area contributed by atoms with E-state index >= 15 is 0 Å². The number of ether oxygens (including phenoxy) is 1. The molecule has 0 radical (unpaired) electrons. The van der Waals surface area contributed by atoms with E-state index in [0.29, 0.717) is 5.69 Å². The quantitative estimate of drug-likeness (QED) is 0.550. The number of anilines is 2. The van der Waals surface area contributed by atoms with Gasteiger partial charge in [-0.3, -0.25) is 14.3 Å². The molecule has 0 aliphatic carbocycles. The zero-order valence-electron chi connectivity index (χ0n) is 16.0. The van der Waals surface area contributed by atoms with Gasteiger partial charge in [-0.25, -0.2) is 8.42 Å². The molecule has 8 nitrogen and oxygen atoms in total. The van der Waals surface area contributed by atoms with E-state index in [4.69, 9.17) is 4.74 Å². The predicted octanol–water partition coefficient (Wildman–Crippen LogP) is 3.21. The average molecular weight is 492 g/mol. The zero-order chi connectivity index (χ0) is 21.9. The number of aromatic nitrogens is 1. The number of hydrogen-bond donors (Lipinski definition) is 2. The topological polar surface area (TPSA) is 106 Å². The lowest BCUT2D eigenvalue weighted by Crippen LogP contribution is -2.20. The van der Waals surface area contributed by atoms with Crippen LogP contribution < -0.4 is 20.3 Å². The largest absolute Gasteiger partial charge is 0.495 e. The van der Waals surface area contributed by atoms with Crippen molar-refractivity contribution in [1.82, 2.24) is 4.57 Å². The Morgan fingerprint density at radius 2 is 1.70 bits per heavy atom. The first-order chi connectivity index (χ1) is 14.2. The van der Waals surface area contributed by atoms with Gasteiger partial charge in [0.15, 0.2) is 0 Å². The number of nitrogens with one attached hydrogen (secondary N) is 2. The van der Waals surface area contributed by atoms with Crippen LogP contribution in [0.2, 0.25) is 0 Å². The van der Waals surface area contributed by atoms with Gasteiger partial charge in [0.2, 0.25) is 0 Å². The summed E-state index contributed by atoms with van der Waals surface area (Å²) < 4.78 is 35.6. The number of sulfonamides is 1. The summed E-state index contributed by atoms with van der Waals surface area (Å²) in [6.45, 7) is 0. The number of carbonyl (C=O) groups excluding carboxylic acids is 1. The van der Waals surface area contributed by atoms with Crippen LogP contribution >= 0.6 is 15.9 Å². The highest BCUT2D eigenvalue weighted by atomic mass is 79.9. The Labute approximate surface area is 181 Å². The summed E-state index contributed by atoms with van der Waals surface area (Å²) in [6.07, 6.45) is 1.48. The Morgan fingerprint density at radius 3 is 2.33 bits per heavy atom. The normalized spacial score (nSPS) is 11.0. The number of methoxy groups -OCH3 is 1. The van der Waals surface area contributed by atoms with Gasteiger partial charge >= 0.3 is 0 Å². The molecule has 1 heterocycles. The van der Waals surface area contributed by atoms with E-state index in [-0.39, 0.29) is 27.5 Å². The molecule has 3 aromatic rings. The van der Waals surface area contributed by atoms with Gasteiger partial charge < -0.3 is 14.6 Å². The molecule has 0 bridgehead atoms. The fraction of sp³-hybridized carbons (Fsp3) is 0.100. The maximum absolute atomic E-state index is 12.9. The van der Waals surface area contributed by atoms with Crippen molar-refractivity contribution in [1.29, 1.82) is 0 Å². The lowest BCUT2D eigenvalue weighted by Gasteiger charge is -2.14. The van der Waals surface area contributed by atoms with E-state index in [1.807, 2.05) is 0 Å². The Hall–Kier alpha value is -3.11. The van der Waals surface area contributed by atoms with Crippen molar-refractivity contribution in [3.63, 3.8) is 0 Å². The molecule has 156 valence electrons. The Bertz CT molecular complexity index is 1250. The summed E-state index contributed by atoms with van der Waals surface area (Å²) in [5.41, 5.74) is 0.429. The first kappa shape index (κ1) is 21.6. The second-order valence-corrected chi connectivity index (χ2v) is 8.86. The first-order valence-electron chi connectivity index (χ1n) is 8.64. The predicted molar refractivity (Wildman–Crippen MR) is 118 cm³/mol. The monoisotopic (exact) mass is 491 g/mol. The maximum atomic E-state index is 12.9. The number of rotatable bonds is 6. The van der Waals surface area contributed by atoms with E-state index in [1.165, 1.54) is 48.2 Å². The average Bonchev–Trinajstić information content (AvgIpc) is 2.71. The smallest absolute Gasteiger partial charge is 0.265 e. The summed E-state index contributed by atoms with van der Waals surface area (Å²) in [4.78, 5) is 24.0. The second kappa shape index (κ2) is 8.72. The number of nitrogens with zero attached hydrogens (tertiary/aromatic N) is 1. The molecule has 30 heavy (non-hydrogen) atoms. The van der Waals surface area contributed by atoms with Gasteiger partial charge in [0, 0.05) is 40.7 Å². The molecule has 0 aliphatic heterocycles. The molecule has 3 rings (SSSR count). The minimum atomic E-state index is -4.00. The highest BCUT2D eigenvalue weighted by Crippen LogP contribution is 2.29. The van der Waals surface area contributed by atoms with Crippen molar-refractivity contribution in [2.75, 3.05) is 17.1 Å². The highest BCUT2D eigenvalue weighted by molar-refractivity contribution is 9.10. The molecule has 0 saturated carbocycles. The van der Waals surface area contributed by atoms with Crippen molar-refractivity contribution in [3.05, 3.63) is 81.2 Å². The minimum Gasteiger partial charge on any atom is -0.495 e. The van der Waals surface area contributed by atoms with Gasteiger partial charge in [-0.15, -0.1) is 0 Å². The number of carbonyl (C=O) groups is 1. The van der Waals surface area contributed by atoms with Crippen molar-refractivity contribution in [2.45, 2.75) is 4.90 Å². The Balaban J connectivity index is 1.90. The molecular formula is C20H18BrN3O5S. The molecule has 2 aromatic carbocycles. The standard InChI is InChI=1S/C20H18BrN3O5S/c1-24-10-9-13(11-19(24)25)20(26)22-16-7-8-17(29-2)18(12-16)30(27,28)23-15-5-3-14(21)4-6-15/h3-12,23H,1-2H3,(H,22,26). The molecule has 0 aliphatic rings. The van der Waals surface area contributed by atoms with E-state index in [0.717, 1.165) is 4.47 Å². The molecule has 0 saturated heterocycles. The number of amides is 1. The second-order valence-electron chi connectivity index (χ2n) is 6.30. The van der Waals surface area contributed by atoms with Crippen LogP contribution in [0, 0.1) is 0 Å². The van der Waals surface area contributed by atoms with Crippen LogP contribution in [0.15, 0.2) is 75.0 Å². The van der Waals surface area contributed by atoms with Crippen LogP contribution in [0.3, 0.4) is 0 Å². The third-order valence-electron chi connectivity index (χ3n) is 4.17. The van der Waals surface area contributed by atoms with Gasteiger partial charge in [0.05, 0.1) is 7.11 Å². The van der Waals surface area contributed by atoms with Gasteiger partial charge in [-0.1, -0.05) is 15.9 Å². The van der Waals surface area contributed by atoms with Crippen LogP contribution in [0.4, 0.5) is 11.4 Å². The molecule has 2 N–H and O–H groups in total. The number of aryl methyl sites for hydroxylation is 1. The van der Waals surface area contributed by atoms with Gasteiger partial charge in [-0.05, 0) is 48.5 Å². The molecule has 1 amide bonds. The van der Waals surface area contributed by atoms with Crippen molar-refractivity contribution in [2.24, 2.45) is 7.05 Å². The molecule has 0 spiro atoms. The van der Waals surface area contributed by atoms with Gasteiger partial charge in [0.25, 0.3) is 21.5 Å². The minimum absolute atomic E-state index is 0.117. The molecule has 1 aromatic heterocycles. The van der Waals surface area contributed by atoms with Crippen LogP contribution in [0.1, 0.15) is 10.4 Å². The first-order valence-corrected chi connectivity index (χ1v) is 10.9. The third kappa shape index (κ3) is 4.89. The van der Waals surface area contributed by atoms with Crippen LogP contribution in [-0.2, 0) is 17.1 Å². The number of halogens is 1. The number of pyridine rings is 1. The fourth-order valence-electron chi connectivity index (χ4n) is 2.59. The van der Waals surface area contributed by atoms with Crippen molar-refractivity contribution >= 4 is 43.2 Å². The van der Waals surface area contributed by atoms with Gasteiger partial charge in [0.1, 0.15) is 10.6 Å². The van der Waals surface area contributed by atoms with Crippen LogP contribution in [0.5, 0.6) is 5.75 Å². The van der Waals surface area contributed by atoms with Gasteiger partial charge in [-0.2, -0.15) is 0 Å². The van der Waals surface area contributed by atoms with Crippen LogP contribution in [-0.4, -0.2) is 26.0 Å². The fourth-order valence-corrected chi connectivity index (χ4v) is 4.10. The summed E-state index contributed by atoms with van der Waals surface area (Å²) in [5.74, 6) is -0.423. The van der Waals surface area contributed by atoms with Crippen molar-refractivity contribution in [3.8, 4) is 5.75 Å². The molecule has 0 fully saturated rings. The van der Waals surface area contributed by atoms with E-state index in [2.05, 4.69) is 26.0 Å². The zero-order valence-corrected chi connectivity index (χ0v) is 18.5. The van der Waals surface area contributed by atoms with Crippen LogP contribution in [0.25, 0.3) is 0 Å². The summed E-state index contributed by atoms with van der Waals surface area (Å²) >= 11 is 3.29. The summed E-state index contributed by atoms with van der Waals surface area (Å²) in [6, 6.07) is 13.6. The summed E-state index contributed by atoms with van der Waals surface area (Å²) in [7, 11) is -1.07. The number of hydrogen-bond acceptors (Lipinski definition) is 5. The molecule has 10 heteroatoms. The molecule has 0 atom stereocenters.